The van der Waals surface area contributed by atoms with Crippen LogP contribution in [0.3, 0.4) is 0 Å². The van der Waals surface area contributed by atoms with Crippen molar-refractivity contribution in [3.63, 3.8) is 0 Å². The maximum absolute atomic E-state index is 10.4. The van der Waals surface area contributed by atoms with Crippen molar-refractivity contribution in [1.29, 1.82) is 0 Å². The summed E-state index contributed by atoms with van der Waals surface area (Å²) in [6, 6.07) is 43.1. The highest BCUT2D eigenvalue weighted by atomic mass is 28.4. The van der Waals surface area contributed by atoms with Gasteiger partial charge in [0.1, 0.15) is 0 Å². The van der Waals surface area contributed by atoms with Crippen LogP contribution in [0.15, 0.2) is 121 Å². The molecule has 5 rings (SSSR count). The second-order valence-electron chi connectivity index (χ2n) is 14.3. The fourth-order valence-corrected chi connectivity index (χ4v) is 16.8. The summed E-state index contributed by atoms with van der Waals surface area (Å²) in [5.74, 6) is 0. The first-order chi connectivity index (χ1) is 21.0. The number of benzene rings is 4. The topological polar surface area (TPSA) is 50.7 Å². The summed E-state index contributed by atoms with van der Waals surface area (Å²) >= 11 is 0. The molecule has 4 aromatic rings. The third kappa shape index (κ3) is 6.30. The summed E-state index contributed by atoms with van der Waals surface area (Å²) in [5.41, 5.74) is 2.64. The van der Waals surface area contributed by atoms with Gasteiger partial charge in [0.2, 0.25) is 0 Å². The van der Waals surface area contributed by atoms with E-state index in [0.29, 0.717) is 0 Å². The molecule has 0 amide bonds. The number of rotatable bonds is 9. The van der Waals surface area contributed by atoms with E-state index < -0.39 is 16.6 Å². The van der Waals surface area contributed by atoms with E-state index >= 15 is 0 Å². The quantitative estimate of drug-likeness (QED) is 0.167. The molecule has 1 saturated carbocycles. The third-order valence-electron chi connectivity index (χ3n) is 9.32. The van der Waals surface area contributed by atoms with Crippen LogP contribution in [-0.2, 0) is 8.85 Å². The van der Waals surface area contributed by atoms with E-state index in [1.807, 2.05) is 0 Å². The minimum Gasteiger partial charge on any atom is -0.404 e. The van der Waals surface area contributed by atoms with E-state index in [2.05, 4.69) is 168 Å². The van der Waals surface area contributed by atoms with E-state index in [1.165, 1.54) is 20.7 Å². The molecule has 1 aliphatic carbocycles. The number of hydroxylamine groups is 1. The summed E-state index contributed by atoms with van der Waals surface area (Å²) in [4.78, 5) is 0. The largest absolute Gasteiger partial charge is 0.404 e. The molecule has 4 nitrogen and oxygen atoms in total. The van der Waals surface area contributed by atoms with Gasteiger partial charge in [0.05, 0.1) is 0 Å². The Kier molecular flexibility index (Phi) is 9.80. The highest BCUT2D eigenvalue weighted by molar-refractivity contribution is 7.00. The van der Waals surface area contributed by atoms with Crippen LogP contribution in [0.1, 0.15) is 60.8 Å². The summed E-state index contributed by atoms with van der Waals surface area (Å²) < 4.78 is 15.2. The van der Waals surface area contributed by atoms with Crippen LogP contribution in [0.5, 0.6) is 0 Å². The van der Waals surface area contributed by atoms with Crippen LogP contribution >= 0.6 is 0 Å². The van der Waals surface area contributed by atoms with E-state index in [0.717, 1.165) is 19.3 Å². The molecule has 1 aliphatic rings. The van der Waals surface area contributed by atoms with Crippen LogP contribution in [-0.4, -0.2) is 40.1 Å². The lowest BCUT2D eigenvalue weighted by molar-refractivity contribution is 0.00446. The average Bonchev–Trinajstić information content (AvgIpc) is 3.03. The zero-order valence-corrected chi connectivity index (χ0v) is 29.2. The summed E-state index contributed by atoms with van der Waals surface area (Å²) in [6.45, 7) is 13.9. The van der Waals surface area contributed by atoms with Gasteiger partial charge in [0, 0.05) is 18.2 Å². The average molecular weight is 624 g/mol. The van der Waals surface area contributed by atoms with Crippen molar-refractivity contribution >= 4 is 37.4 Å². The summed E-state index contributed by atoms with van der Waals surface area (Å²) in [7, 11) is -5.57. The maximum Gasteiger partial charge on any atom is 0.261 e. The molecule has 1 fully saturated rings. The number of hydrogen-bond donors (Lipinski definition) is 2. The summed E-state index contributed by atoms with van der Waals surface area (Å²) in [6.07, 6.45) is 2.03. The molecular formula is C38H49NO3Si2. The van der Waals surface area contributed by atoms with Gasteiger partial charge in [-0.1, -0.05) is 163 Å². The van der Waals surface area contributed by atoms with Gasteiger partial charge in [-0.15, -0.1) is 0 Å². The van der Waals surface area contributed by atoms with Crippen molar-refractivity contribution in [3.8, 4) is 0 Å². The SMILES string of the molecule is CC(C)(C)[Si](O[C@@H]1CC(NO)C[C@H](O[Si](c2ccccc2)(c2ccccc2)C(C)(C)C)C1)(c1ccccc1)c1ccccc1. The zero-order chi connectivity index (χ0) is 31.4. The van der Waals surface area contributed by atoms with Gasteiger partial charge < -0.3 is 14.1 Å². The van der Waals surface area contributed by atoms with Crippen molar-refractivity contribution < 1.29 is 14.1 Å². The molecule has 6 heteroatoms. The van der Waals surface area contributed by atoms with Crippen LogP contribution in [0.25, 0.3) is 0 Å². The van der Waals surface area contributed by atoms with Crippen molar-refractivity contribution in [2.75, 3.05) is 0 Å². The molecule has 0 radical (unpaired) electrons. The normalized spacial score (nSPS) is 19.9. The summed E-state index contributed by atoms with van der Waals surface area (Å²) in [5, 5.41) is 15.2. The van der Waals surface area contributed by atoms with Gasteiger partial charge in [0.15, 0.2) is 0 Å². The van der Waals surface area contributed by atoms with Crippen LogP contribution in [0.4, 0.5) is 0 Å². The van der Waals surface area contributed by atoms with E-state index in [1.54, 1.807) is 0 Å². The molecule has 44 heavy (non-hydrogen) atoms. The van der Waals surface area contributed by atoms with Crippen molar-refractivity contribution in [2.24, 2.45) is 0 Å². The number of hydrogen-bond acceptors (Lipinski definition) is 4. The zero-order valence-electron chi connectivity index (χ0n) is 27.2. The molecule has 4 aromatic carbocycles. The van der Waals surface area contributed by atoms with Crippen LogP contribution < -0.4 is 26.2 Å². The van der Waals surface area contributed by atoms with Gasteiger partial charge in [-0.05, 0) is 50.1 Å². The predicted octanol–water partition coefficient (Wildman–Crippen LogP) is 6.41. The second kappa shape index (κ2) is 13.3. The Morgan fingerprint density at radius 1 is 0.500 bits per heavy atom. The monoisotopic (exact) mass is 623 g/mol. The Labute approximate surface area is 266 Å². The molecule has 0 heterocycles. The minimum absolute atomic E-state index is 0.0945. The van der Waals surface area contributed by atoms with Gasteiger partial charge in [-0.2, -0.15) is 0 Å². The molecule has 2 N–H and O–H groups in total. The van der Waals surface area contributed by atoms with E-state index in [4.69, 9.17) is 8.85 Å². The van der Waals surface area contributed by atoms with Crippen molar-refractivity contribution in [2.45, 2.75) is 89.1 Å². The molecular weight excluding hydrogens is 575 g/mol. The molecule has 0 aliphatic heterocycles. The highest BCUT2D eigenvalue weighted by Crippen LogP contribution is 2.42. The van der Waals surface area contributed by atoms with Gasteiger partial charge in [-0.3, -0.25) is 0 Å². The Morgan fingerprint density at radius 2 is 0.773 bits per heavy atom. The maximum atomic E-state index is 10.4. The standard InChI is InChI=1S/C38H49NO3Si2/c1-37(2,3)43(33-19-11-7-12-20-33,34-21-13-8-14-22-34)41-31-27-30(39-40)28-32(29-31)42-44(38(4,5)6,35-23-15-9-16-24-35)36-25-17-10-18-26-36/h7-26,30-32,39-40H,27-29H2,1-6H3/t30?,31-,32+. The molecule has 232 valence electrons. The van der Waals surface area contributed by atoms with Gasteiger partial charge >= 0.3 is 0 Å². The molecule has 3 atom stereocenters. The Hall–Kier alpha value is -2.85. The molecule has 0 aromatic heterocycles. The van der Waals surface area contributed by atoms with Crippen LogP contribution in [0.2, 0.25) is 10.1 Å². The Morgan fingerprint density at radius 3 is 1.00 bits per heavy atom. The first-order valence-electron chi connectivity index (χ1n) is 16.0. The van der Waals surface area contributed by atoms with Gasteiger partial charge in [-0.25, -0.2) is 5.48 Å². The van der Waals surface area contributed by atoms with Crippen molar-refractivity contribution in [1.82, 2.24) is 5.48 Å². The predicted molar refractivity (Wildman–Crippen MR) is 188 cm³/mol. The number of nitrogens with one attached hydrogen (secondary N) is 1. The van der Waals surface area contributed by atoms with E-state index in [9.17, 15) is 5.21 Å². The molecule has 0 spiro atoms. The molecule has 0 bridgehead atoms. The lowest BCUT2D eigenvalue weighted by atomic mass is 9.91. The lowest BCUT2D eigenvalue weighted by Crippen LogP contribution is -2.69. The lowest BCUT2D eigenvalue weighted by Gasteiger charge is -2.49. The fourth-order valence-electron chi connectivity index (χ4n) is 7.40. The smallest absolute Gasteiger partial charge is 0.261 e. The molecule has 0 saturated heterocycles. The first-order valence-corrected chi connectivity index (χ1v) is 19.8. The second-order valence-corrected chi connectivity index (χ2v) is 22.8. The van der Waals surface area contributed by atoms with E-state index in [-0.39, 0.29) is 28.3 Å². The van der Waals surface area contributed by atoms with Crippen LogP contribution in [0, 0.1) is 0 Å². The minimum atomic E-state index is -2.79. The third-order valence-corrected chi connectivity index (χ3v) is 19.5. The van der Waals surface area contributed by atoms with Crippen molar-refractivity contribution in [3.05, 3.63) is 121 Å². The fraction of sp³-hybridized carbons (Fsp3) is 0.368. The highest BCUT2D eigenvalue weighted by Gasteiger charge is 2.54. The first kappa shape index (κ1) is 32.5. The van der Waals surface area contributed by atoms with Gasteiger partial charge in [0.25, 0.3) is 16.6 Å². The molecule has 1 unspecified atom stereocenters. The Bertz CT molecular complexity index is 1260. The Balaban J connectivity index is 1.59.